The van der Waals surface area contributed by atoms with Crippen LogP contribution in [0.2, 0.25) is 5.02 Å². The van der Waals surface area contributed by atoms with Crippen molar-refractivity contribution in [2.75, 3.05) is 11.1 Å². The second-order valence-corrected chi connectivity index (χ2v) is 4.61. The van der Waals surface area contributed by atoms with E-state index >= 15 is 0 Å². The van der Waals surface area contributed by atoms with E-state index in [1.54, 1.807) is 18.2 Å². The first-order valence-electron chi connectivity index (χ1n) is 5.63. The molecule has 0 aliphatic heterocycles. The highest BCUT2D eigenvalue weighted by atomic mass is 35.5. The van der Waals surface area contributed by atoms with Crippen molar-refractivity contribution in [3.05, 3.63) is 52.5 Å². The highest BCUT2D eigenvalue weighted by Crippen LogP contribution is 2.26. The molecule has 0 aliphatic carbocycles. The first kappa shape index (κ1) is 13.2. The van der Waals surface area contributed by atoms with Crippen LogP contribution in [0.25, 0.3) is 0 Å². The van der Waals surface area contributed by atoms with Crippen molar-refractivity contribution < 1.29 is 9.90 Å². The quantitative estimate of drug-likeness (QED) is 0.748. The fraction of sp³-hybridized carbons (Fsp3) is 0.0714. The van der Waals surface area contributed by atoms with Gasteiger partial charge in [0.05, 0.1) is 11.3 Å². The molecule has 2 aromatic rings. The normalized spacial score (nSPS) is 10.2. The van der Waals surface area contributed by atoms with Crippen LogP contribution < -0.4 is 11.1 Å². The van der Waals surface area contributed by atoms with E-state index in [9.17, 15) is 4.79 Å². The molecule has 5 heteroatoms. The lowest BCUT2D eigenvalue weighted by molar-refractivity contribution is 0.0698. The number of carboxylic acids is 1. The van der Waals surface area contributed by atoms with Gasteiger partial charge in [0.2, 0.25) is 0 Å². The van der Waals surface area contributed by atoms with Gasteiger partial charge in [-0.1, -0.05) is 17.7 Å². The molecule has 0 fully saturated rings. The molecule has 19 heavy (non-hydrogen) atoms. The highest BCUT2D eigenvalue weighted by molar-refractivity contribution is 6.31. The summed E-state index contributed by atoms with van der Waals surface area (Å²) in [5, 5.41) is 12.8. The van der Waals surface area contributed by atoms with Gasteiger partial charge in [0.15, 0.2) is 0 Å². The van der Waals surface area contributed by atoms with Gasteiger partial charge in [0.1, 0.15) is 0 Å². The van der Waals surface area contributed by atoms with E-state index in [0.717, 1.165) is 11.3 Å². The van der Waals surface area contributed by atoms with Crippen LogP contribution in [0, 0.1) is 6.92 Å². The molecule has 0 unspecified atom stereocenters. The molecule has 0 aromatic heterocycles. The third-order valence-corrected chi connectivity index (χ3v) is 3.13. The number of carboxylic acid groups (broad SMARTS) is 1. The van der Waals surface area contributed by atoms with Crippen molar-refractivity contribution >= 4 is 34.6 Å². The van der Waals surface area contributed by atoms with E-state index in [-0.39, 0.29) is 5.56 Å². The van der Waals surface area contributed by atoms with Crippen LogP contribution in [0.3, 0.4) is 0 Å². The van der Waals surface area contributed by atoms with Gasteiger partial charge in [-0.3, -0.25) is 0 Å². The Hall–Kier alpha value is -2.20. The molecule has 0 spiro atoms. The molecular formula is C14H13ClN2O2. The van der Waals surface area contributed by atoms with Crippen LogP contribution in [-0.4, -0.2) is 11.1 Å². The first-order chi connectivity index (χ1) is 8.97. The van der Waals surface area contributed by atoms with E-state index < -0.39 is 5.97 Å². The third kappa shape index (κ3) is 2.98. The standard InChI is InChI=1S/C14H13ClN2O2/c1-8-2-4-10(7-12(8)15)17-13-5-3-9(16)6-11(13)14(18)19/h2-7,17H,16H2,1H3,(H,18,19). The number of carbonyl (C=O) groups is 1. The molecular weight excluding hydrogens is 264 g/mol. The Labute approximate surface area is 115 Å². The maximum Gasteiger partial charge on any atom is 0.337 e. The van der Waals surface area contributed by atoms with E-state index in [0.29, 0.717) is 16.4 Å². The Morgan fingerprint density at radius 3 is 2.63 bits per heavy atom. The molecule has 2 aromatic carbocycles. The minimum atomic E-state index is -1.03. The number of aryl methyl sites for hydroxylation is 1. The number of anilines is 3. The maximum absolute atomic E-state index is 11.2. The summed E-state index contributed by atoms with van der Waals surface area (Å²) >= 11 is 6.03. The molecule has 0 saturated heterocycles. The lowest BCUT2D eigenvalue weighted by Crippen LogP contribution is -2.04. The Bertz CT molecular complexity index is 641. The predicted molar refractivity (Wildman–Crippen MR) is 77.3 cm³/mol. The van der Waals surface area contributed by atoms with E-state index in [4.69, 9.17) is 22.4 Å². The van der Waals surface area contributed by atoms with Gasteiger partial charge in [-0.05, 0) is 42.8 Å². The molecule has 0 amide bonds. The van der Waals surface area contributed by atoms with E-state index in [1.807, 2.05) is 19.1 Å². The summed E-state index contributed by atoms with van der Waals surface area (Å²) < 4.78 is 0. The number of nitrogens with two attached hydrogens (primary N) is 1. The number of halogens is 1. The monoisotopic (exact) mass is 276 g/mol. The summed E-state index contributed by atoms with van der Waals surface area (Å²) in [7, 11) is 0. The first-order valence-corrected chi connectivity index (χ1v) is 6.01. The second kappa shape index (κ2) is 5.20. The van der Waals surface area contributed by atoms with Crippen LogP contribution in [0.4, 0.5) is 17.1 Å². The zero-order valence-corrected chi connectivity index (χ0v) is 11.0. The fourth-order valence-electron chi connectivity index (χ4n) is 1.67. The smallest absolute Gasteiger partial charge is 0.337 e. The van der Waals surface area contributed by atoms with Crippen LogP contribution in [-0.2, 0) is 0 Å². The SMILES string of the molecule is Cc1ccc(Nc2ccc(N)cc2C(=O)O)cc1Cl. The molecule has 0 saturated carbocycles. The number of nitrogens with one attached hydrogen (secondary N) is 1. The zero-order valence-electron chi connectivity index (χ0n) is 10.3. The van der Waals surface area contributed by atoms with Gasteiger partial charge in [-0.2, -0.15) is 0 Å². The molecule has 0 heterocycles. The molecule has 2 rings (SSSR count). The third-order valence-electron chi connectivity index (χ3n) is 2.72. The van der Waals surface area contributed by atoms with Crippen LogP contribution in [0.15, 0.2) is 36.4 Å². The molecule has 0 aliphatic rings. The summed E-state index contributed by atoms with van der Waals surface area (Å²) in [4.78, 5) is 11.2. The van der Waals surface area contributed by atoms with Gasteiger partial charge >= 0.3 is 5.97 Å². The second-order valence-electron chi connectivity index (χ2n) is 4.20. The van der Waals surface area contributed by atoms with Gasteiger partial charge in [-0.25, -0.2) is 4.79 Å². The average Bonchev–Trinajstić information content (AvgIpc) is 2.36. The van der Waals surface area contributed by atoms with Crippen molar-refractivity contribution in [2.24, 2.45) is 0 Å². The summed E-state index contributed by atoms with van der Waals surface area (Å²) in [5.74, 6) is -1.03. The maximum atomic E-state index is 11.2. The number of benzene rings is 2. The van der Waals surface area contributed by atoms with Gasteiger partial charge in [-0.15, -0.1) is 0 Å². The van der Waals surface area contributed by atoms with Crippen molar-refractivity contribution in [2.45, 2.75) is 6.92 Å². The summed E-state index contributed by atoms with van der Waals surface area (Å²) in [5.41, 5.74) is 8.28. The molecule has 0 atom stereocenters. The molecule has 4 N–H and O–H groups in total. The van der Waals surface area contributed by atoms with E-state index in [2.05, 4.69) is 5.32 Å². The Balaban J connectivity index is 2.37. The topological polar surface area (TPSA) is 75.3 Å². The number of nitrogen functional groups attached to an aromatic ring is 1. The fourth-order valence-corrected chi connectivity index (χ4v) is 1.85. The molecule has 0 radical (unpaired) electrons. The summed E-state index contributed by atoms with van der Waals surface area (Å²) in [6.07, 6.45) is 0. The minimum Gasteiger partial charge on any atom is -0.478 e. The van der Waals surface area contributed by atoms with Crippen molar-refractivity contribution in [1.82, 2.24) is 0 Å². The Kier molecular flexibility index (Phi) is 3.62. The largest absolute Gasteiger partial charge is 0.478 e. The van der Waals surface area contributed by atoms with Crippen molar-refractivity contribution in [1.29, 1.82) is 0 Å². The molecule has 98 valence electrons. The average molecular weight is 277 g/mol. The predicted octanol–water partition coefficient (Wildman–Crippen LogP) is 3.67. The minimum absolute atomic E-state index is 0.122. The number of aromatic carboxylic acids is 1. The molecule has 0 bridgehead atoms. The number of rotatable bonds is 3. The van der Waals surface area contributed by atoms with E-state index in [1.165, 1.54) is 6.07 Å². The Morgan fingerprint density at radius 2 is 2.00 bits per heavy atom. The van der Waals surface area contributed by atoms with Gasteiger partial charge in [0.25, 0.3) is 0 Å². The number of hydrogen-bond acceptors (Lipinski definition) is 3. The van der Waals surface area contributed by atoms with Gasteiger partial charge in [0, 0.05) is 16.4 Å². The summed E-state index contributed by atoms with van der Waals surface area (Å²) in [6.45, 7) is 1.90. The zero-order chi connectivity index (χ0) is 14.0. The van der Waals surface area contributed by atoms with Gasteiger partial charge < -0.3 is 16.2 Å². The van der Waals surface area contributed by atoms with Crippen LogP contribution >= 0.6 is 11.6 Å². The van der Waals surface area contributed by atoms with Crippen LogP contribution in [0.5, 0.6) is 0 Å². The van der Waals surface area contributed by atoms with Crippen LogP contribution in [0.1, 0.15) is 15.9 Å². The Morgan fingerprint density at radius 1 is 1.26 bits per heavy atom. The summed E-state index contributed by atoms with van der Waals surface area (Å²) in [6, 6.07) is 10.1. The lowest BCUT2D eigenvalue weighted by Gasteiger charge is -2.11. The van der Waals surface area contributed by atoms with Crippen molar-refractivity contribution in [3.63, 3.8) is 0 Å². The highest BCUT2D eigenvalue weighted by Gasteiger charge is 2.11. The van der Waals surface area contributed by atoms with Crippen molar-refractivity contribution in [3.8, 4) is 0 Å². The molecule has 4 nitrogen and oxygen atoms in total. The lowest BCUT2D eigenvalue weighted by atomic mass is 10.1. The number of hydrogen-bond donors (Lipinski definition) is 3.